The molecule has 1 aromatic heterocycles. The molecule has 2 rings (SSSR count). The number of hydrogen-bond acceptors (Lipinski definition) is 3. The fourth-order valence-electron chi connectivity index (χ4n) is 1.59. The molecule has 1 aromatic carbocycles. The summed E-state index contributed by atoms with van der Waals surface area (Å²) in [7, 11) is 0. The molecule has 2 aromatic rings. The van der Waals surface area contributed by atoms with E-state index in [4.69, 9.17) is 5.73 Å². The highest BCUT2D eigenvalue weighted by Crippen LogP contribution is 2.26. The van der Waals surface area contributed by atoms with E-state index in [-0.39, 0.29) is 0 Å². The number of aryl methyl sites for hydroxylation is 1. The largest absolute Gasteiger partial charge is 0.339 e. The summed E-state index contributed by atoms with van der Waals surface area (Å²) in [6.07, 6.45) is 4.54. The van der Waals surface area contributed by atoms with Gasteiger partial charge >= 0.3 is 0 Å². The minimum Gasteiger partial charge on any atom is -0.339 e. The van der Waals surface area contributed by atoms with Crippen LogP contribution in [0.2, 0.25) is 0 Å². The molecule has 3 N–H and O–H groups in total. The highest BCUT2D eigenvalue weighted by atomic mass is 32.2. The first-order valence-corrected chi connectivity index (χ1v) is 6.08. The van der Waals surface area contributed by atoms with Gasteiger partial charge in [0.2, 0.25) is 0 Å². The first kappa shape index (κ1) is 11.2. The van der Waals surface area contributed by atoms with Crippen molar-refractivity contribution in [3.05, 3.63) is 41.7 Å². The predicted octanol–water partition coefficient (Wildman–Crippen LogP) is 2.37. The van der Waals surface area contributed by atoms with Crippen LogP contribution in [0.25, 0.3) is 0 Å². The van der Waals surface area contributed by atoms with Gasteiger partial charge in [-0.15, -0.1) is 0 Å². The third-order valence-electron chi connectivity index (χ3n) is 2.42. The highest BCUT2D eigenvalue weighted by molar-refractivity contribution is 7.99. The fourth-order valence-corrected chi connectivity index (χ4v) is 2.42. The van der Waals surface area contributed by atoms with E-state index < -0.39 is 0 Å². The fraction of sp³-hybridized carbons (Fsp3) is 0.250. The zero-order valence-electron chi connectivity index (χ0n) is 9.23. The molecule has 0 spiro atoms. The van der Waals surface area contributed by atoms with Crippen LogP contribution in [0, 0.1) is 6.92 Å². The lowest BCUT2D eigenvalue weighted by Gasteiger charge is -2.06. The van der Waals surface area contributed by atoms with E-state index in [1.165, 1.54) is 16.0 Å². The van der Waals surface area contributed by atoms with E-state index in [0.29, 0.717) is 6.54 Å². The van der Waals surface area contributed by atoms with Gasteiger partial charge in [0.15, 0.2) is 5.16 Å². The van der Waals surface area contributed by atoms with Crippen molar-refractivity contribution in [2.45, 2.75) is 23.4 Å². The topological polar surface area (TPSA) is 54.7 Å². The summed E-state index contributed by atoms with van der Waals surface area (Å²) in [5.41, 5.74) is 8.18. The summed E-state index contributed by atoms with van der Waals surface area (Å²) in [6, 6.07) is 6.44. The zero-order valence-corrected chi connectivity index (χ0v) is 10.1. The maximum atomic E-state index is 5.56. The Morgan fingerprint density at radius 3 is 2.94 bits per heavy atom. The monoisotopic (exact) mass is 233 g/mol. The van der Waals surface area contributed by atoms with Crippen LogP contribution in [0.3, 0.4) is 0 Å². The number of rotatable bonds is 4. The molecule has 3 nitrogen and oxygen atoms in total. The Kier molecular flexibility index (Phi) is 3.64. The van der Waals surface area contributed by atoms with Crippen LogP contribution in [0.5, 0.6) is 0 Å². The van der Waals surface area contributed by atoms with Crippen LogP contribution in [0.1, 0.15) is 11.1 Å². The van der Waals surface area contributed by atoms with Gasteiger partial charge in [-0.1, -0.05) is 17.8 Å². The van der Waals surface area contributed by atoms with E-state index in [0.717, 1.165) is 11.6 Å². The maximum Gasteiger partial charge on any atom is 0.170 e. The van der Waals surface area contributed by atoms with Crippen molar-refractivity contribution in [2.24, 2.45) is 5.73 Å². The van der Waals surface area contributed by atoms with Crippen molar-refractivity contribution < 1.29 is 0 Å². The van der Waals surface area contributed by atoms with Crippen molar-refractivity contribution in [1.29, 1.82) is 0 Å². The highest BCUT2D eigenvalue weighted by Gasteiger charge is 2.02. The van der Waals surface area contributed by atoms with Gasteiger partial charge in [-0.3, -0.25) is 0 Å². The Morgan fingerprint density at radius 1 is 1.44 bits per heavy atom. The molecule has 0 bridgehead atoms. The summed E-state index contributed by atoms with van der Waals surface area (Å²) in [5.74, 6) is 0. The third kappa shape index (κ3) is 2.65. The van der Waals surface area contributed by atoms with Crippen LogP contribution < -0.4 is 5.73 Å². The molecule has 16 heavy (non-hydrogen) atoms. The standard InChI is InChI=1S/C12H15N3S/c1-9-8-11(3-2-10(9)4-5-13)16-12-14-6-7-15-12/h2-3,6-8H,4-5,13H2,1H3,(H,14,15). The third-order valence-corrected chi connectivity index (χ3v) is 3.32. The molecular formula is C12H15N3S. The van der Waals surface area contributed by atoms with E-state index in [2.05, 4.69) is 35.1 Å². The van der Waals surface area contributed by atoms with E-state index >= 15 is 0 Å². The van der Waals surface area contributed by atoms with Gasteiger partial charge in [0.1, 0.15) is 0 Å². The van der Waals surface area contributed by atoms with Gasteiger partial charge in [0.25, 0.3) is 0 Å². The average molecular weight is 233 g/mol. The lowest BCUT2D eigenvalue weighted by atomic mass is 10.1. The van der Waals surface area contributed by atoms with Crippen LogP contribution in [-0.2, 0) is 6.42 Å². The summed E-state index contributed by atoms with van der Waals surface area (Å²) < 4.78 is 0. The van der Waals surface area contributed by atoms with Crippen LogP contribution in [0.4, 0.5) is 0 Å². The number of nitrogens with zero attached hydrogens (tertiary/aromatic N) is 1. The minimum atomic E-state index is 0.700. The Morgan fingerprint density at radius 2 is 2.31 bits per heavy atom. The maximum absolute atomic E-state index is 5.56. The van der Waals surface area contributed by atoms with Crippen LogP contribution in [0.15, 0.2) is 40.6 Å². The molecule has 0 saturated heterocycles. The van der Waals surface area contributed by atoms with Crippen molar-refractivity contribution in [1.82, 2.24) is 9.97 Å². The quantitative estimate of drug-likeness (QED) is 0.852. The molecule has 0 aliphatic rings. The van der Waals surface area contributed by atoms with Crippen LogP contribution >= 0.6 is 11.8 Å². The number of H-pyrrole nitrogens is 1. The number of nitrogens with two attached hydrogens (primary N) is 1. The molecule has 84 valence electrons. The normalized spacial score (nSPS) is 10.6. The molecule has 0 unspecified atom stereocenters. The van der Waals surface area contributed by atoms with Crippen molar-refractivity contribution >= 4 is 11.8 Å². The summed E-state index contributed by atoms with van der Waals surface area (Å²) in [4.78, 5) is 8.47. The van der Waals surface area contributed by atoms with Gasteiger partial charge in [0.05, 0.1) is 0 Å². The molecule has 0 amide bonds. The molecule has 4 heteroatoms. The zero-order chi connectivity index (χ0) is 11.4. The predicted molar refractivity (Wildman–Crippen MR) is 66.6 cm³/mol. The molecule has 0 aliphatic carbocycles. The van der Waals surface area contributed by atoms with Gasteiger partial charge in [-0.05, 0) is 43.1 Å². The molecule has 0 radical (unpaired) electrons. The Hall–Kier alpha value is -1.26. The van der Waals surface area contributed by atoms with E-state index in [1.807, 2.05) is 6.20 Å². The van der Waals surface area contributed by atoms with Gasteiger partial charge in [-0.2, -0.15) is 0 Å². The van der Waals surface area contributed by atoms with Gasteiger partial charge in [0, 0.05) is 17.3 Å². The number of aromatic nitrogens is 2. The second-order valence-electron chi connectivity index (χ2n) is 3.62. The lowest BCUT2D eigenvalue weighted by Crippen LogP contribution is -2.03. The first-order valence-electron chi connectivity index (χ1n) is 5.26. The number of hydrogen-bond donors (Lipinski definition) is 2. The van der Waals surface area contributed by atoms with Crippen molar-refractivity contribution in [2.75, 3.05) is 6.54 Å². The molecule has 1 heterocycles. The van der Waals surface area contributed by atoms with E-state index in [1.54, 1.807) is 18.0 Å². The lowest BCUT2D eigenvalue weighted by molar-refractivity contribution is 0.954. The minimum absolute atomic E-state index is 0.700. The number of benzene rings is 1. The van der Waals surface area contributed by atoms with Crippen LogP contribution in [-0.4, -0.2) is 16.5 Å². The molecule has 0 fully saturated rings. The smallest absolute Gasteiger partial charge is 0.170 e. The first-order chi connectivity index (χ1) is 7.79. The Balaban J connectivity index is 2.15. The average Bonchev–Trinajstić information content (AvgIpc) is 2.75. The Bertz CT molecular complexity index is 451. The number of nitrogens with one attached hydrogen (secondary N) is 1. The molecular weight excluding hydrogens is 218 g/mol. The van der Waals surface area contributed by atoms with E-state index in [9.17, 15) is 0 Å². The number of aromatic amines is 1. The molecule has 0 aliphatic heterocycles. The second kappa shape index (κ2) is 5.18. The van der Waals surface area contributed by atoms with Crippen molar-refractivity contribution in [3.63, 3.8) is 0 Å². The molecule has 0 saturated carbocycles. The van der Waals surface area contributed by atoms with Gasteiger partial charge < -0.3 is 10.7 Å². The summed E-state index contributed by atoms with van der Waals surface area (Å²) in [6.45, 7) is 2.82. The molecule has 0 atom stereocenters. The second-order valence-corrected chi connectivity index (χ2v) is 4.69. The summed E-state index contributed by atoms with van der Waals surface area (Å²) in [5, 5.41) is 0.922. The SMILES string of the molecule is Cc1cc(Sc2ncc[nH]2)ccc1CCN. The van der Waals surface area contributed by atoms with Crippen molar-refractivity contribution in [3.8, 4) is 0 Å². The Labute approximate surface area is 99.5 Å². The van der Waals surface area contributed by atoms with Gasteiger partial charge in [-0.25, -0.2) is 4.98 Å². The summed E-state index contributed by atoms with van der Waals surface area (Å²) >= 11 is 1.64. The number of imidazole rings is 1.